The minimum atomic E-state index is -3.80. The van der Waals surface area contributed by atoms with Crippen LogP contribution >= 0.6 is 22.6 Å². The Morgan fingerprint density at radius 1 is 1.06 bits per heavy atom. The molecule has 0 aliphatic rings. The van der Waals surface area contributed by atoms with Crippen molar-refractivity contribution in [2.45, 2.75) is 18.7 Å². The van der Waals surface area contributed by atoms with Crippen molar-refractivity contribution in [1.29, 1.82) is 0 Å². The van der Waals surface area contributed by atoms with E-state index in [1.165, 1.54) is 37.3 Å². The van der Waals surface area contributed by atoms with Crippen molar-refractivity contribution in [3.63, 3.8) is 0 Å². The van der Waals surface area contributed by atoms with E-state index in [0.29, 0.717) is 17.8 Å². The Labute approximate surface area is 216 Å². The van der Waals surface area contributed by atoms with Gasteiger partial charge in [-0.1, -0.05) is 22.6 Å². The molecular formula is C23H26F2INO7S. The summed E-state index contributed by atoms with van der Waals surface area (Å²) >= 11 is 2.06. The number of ether oxygens (including phenoxy) is 4. The number of carbonyl (C=O) groups is 1. The van der Waals surface area contributed by atoms with Gasteiger partial charge in [-0.2, -0.15) is 0 Å². The Morgan fingerprint density at radius 2 is 1.69 bits per heavy atom. The van der Waals surface area contributed by atoms with Crippen LogP contribution in [-0.2, 0) is 29.0 Å². The normalized spacial score (nSPS) is 12.0. The average Bonchev–Trinajstić information content (AvgIpc) is 2.81. The molecule has 192 valence electrons. The van der Waals surface area contributed by atoms with Gasteiger partial charge in [0.1, 0.15) is 5.75 Å². The summed E-state index contributed by atoms with van der Waals surface area (Å²) in [6.07, 6.45) is 1.30. The molecule has 0 aliphatic heterocycles. The Bertz CT molecular complexity index is 1100. The van der Waals surface area contributed by atoms with Crippen molar-refractivity contribution in [3.05, 3.63) is 59.2 Å². The largest absolute Gasteiger partial charge is 0.463 e. The number of benzene rings is 2. The number of rotatable bonds is 14. The monoisotopic (exact) mass is 625 g/mol. The van der Waals surface area contributed by atoms with Crippen molar-refractivity contribution >= 4 is 44.7 Å². The second kappa shape index (κ2) is 14.4. The summed E-state index contributed by atoms with van der Waals surface area (Å²) in [6.45, 7) is 4.32. The molecule has 2 rings (SSSR count). The predicted molar refractivity (Wildman–Crippen MR) is 134 cm³/mol. The molecule has 35 heavy (non-hydrogen) atoms. The molecule has 0 amide bonds. The number of hydrogen-bond donors (Lipinski definition) is 1. The molecule has 0 spiro atoms. The molecule has 0 saturated heterocycles. The van der Waals surface area contributed by atoms with Gasteiger partial charge in [-0.15, -0.1) is 0 Å². The van der Waals surface area contributed by atoms with E-state index >= 15 is 0 Å². The summed E-state index contributed by atoms with van der Waals surface area (Å²) in [5, 5.41) is 0. The summed E-state index contributed by atoms with van der Waals surface area (Å²) in [6, 6.07) is 7.10. The van der Waals surface area contributed by atoms with Gasteiger partial charge in [-0.3, -0.25) is 0 Å². The van der Waals surface area contributed by atoms with E-state index in [2.05, 4.69) is 27.3 Å². The van der Waals surface area contributed by atoms with Gasteiger partial charge in [-0.05, 0) is 61.9 Å². The zero-order chi connectivity index (χ0) is 25.8. The van der Waals surface area contributed by atoms with E-state index in [0.717, 1.165) is 12.1 Å². The molecule has 0 aliphatic carbocycles. The van der Waals surface area contributed by atoms with Gasteiger partial charge >= 0.3 is 5.97 Å². The van der Waals surface area contributed by atoms with Gasteiger partial charge in [0.25, 0.3) is 0 Å². The lowest BCUT2D eigenvalue weighted by atomic mass is 10.1. The fraction of sp³-hybridized carbons (Fsp3) is 0.348. The Morgan fingerprint density at radius 3 is 2.29 bits per heavy atom. The highest BCUT2D eigenvalue weighted by molar-refractivity contribution is 14.1. The lowest BCUT2D eigenvalue weighted by molar-refractivity contribution is -0.138. The van der Waals surface area contributed by atoms with E-state index in [1.807, 2.05) is 0 Å². The first-order chi connectivity index (χ1) is 16.7. The lowest BCUT2D eigenvalue weighted by Crippen LogP contribution is -2.27. The summed E-state index contributed by atoms with van der Waals surface area (Å²) in [5.41, 5.74) is 0.299. The standard InChI is InChI=1S/C23H26F2INO7S/c1-3-33-23(28)16(2)12-17-13-20(24)22(21(25)14-17)34-18-4-6-19(7-5-18)35(29,30)27-8-9-31-10-11-32-15-26/h4-7,12-14,27H,3,8-11,15H2,1-2H3/b16-12+. The van der Waals surface area contributed by atoms with Crippen LogP contribution in [0.5, 0.6) is 11.5 Å². The summed E-state index contributed by atoms with van der Waals surface area (Å²) in [7, 11) is -3.80. The van der Waals surface area contributed by atoms with Crippen LogP contribution < -0.4 is 9.46 Å². The van der Waals surface area contributed by atoms with Crippen LogP contribution in [0.2, 0.25) is 0 Å². The van der Waals surface area contributed by atoms with Crippen LogP contribution in [0.4, 0.5) is 8.78 Å². The summed E-state index contributed by atoms with van der Waals surface area (Å²) in [4.78, 5) is 11.6. The maximum absolute atomic E-state index is 14.5. The molecule has 0 saturated carbocycles. The van der Waals surface area contributed by atoms with Crippen molar-refractivity contribution in [1.82, 2.24) is 4.72 Å². The number of hydrogen-bond acceptors (Lipinski definition) is 7. The minimum Gasteiger partial charge on any atom is -0.463 e. The van der Waals surface area contributed by atoms with Crippen molar-refractivity contribution < 1.29 is 40.9 Å². The highest BCUT2D eigenvalue weighted by atomic mass is 127. The van der Waals surface area contributed by atoms with Gasteiger partial charge in [0.15, 0.2) is 17.4 Å². The average molecular weight is 625 g/mol. The molecule has 1 N–H and O–H groups in total. The molecule has 0 heterocycles. The van der Waals surface area contributed by atoms with Crippen LogP contribution in [0.3, 0.4) is 0 Å². The maximum Gasteiger partial charge on any atom is 0.333 e. The fourth-order valence-corrected chi connectivity index (χ4v) is 4.05. The molecule has 0 radical (unpaired) electrons. The van der Waals surface area contributed by atoms with Gasteiger partial charge in [0, 0.05) is 12.1 Å². The Hall–Kier alpha value is -2.13. The smallest absolute Gasteiger partial charge is 0.333 e. The first-order valence-electron chi connectivity index (χ1n) is 10.5. The second-order valence-corrected chi connectivity index (χ2v) is 9.35. The van der Waals surface area contributed by atoms with E-state index in [-0.39, 0.29) is 41.5 Å². The molecular weight excluding hydrogens is 599 g/mol. The van der Waals surface area contributed by atoms with E-state index < -0.39 is 33.4 Å². The van der Waals surface area contributed by atoms with Crippen LogP contribution in [0.1, 0.15) is 19.4 Å². The van der Waals surface area contributed by atoms with Crippen LogP contribution in [0, 0.1) is 11.6 Å². The van der Waals surface area contributed by atoms with Gasteiger partial charge in [-0.25, -0.2) is 26.7 Å². The van der Waals surface area contributed by atoms with Gasteiger partial charge < -0.3 is 18.9 Å². The zero-order valence-corrected chi connectivity index (χ0v) is 22.2. The van der Waals surface area contributed by atoms with E-state index in [4.69, 9.17) is 18.9 Å². The van der Waals surface area contributed by atoms with Crippen LogP contribution in [0.15, 0.2) is 46.9 Å². The van der Waals surface area contributed by atoms with E-state index in [9.17, 15) is 22.0 Å². The number of nitrogens with one attached hydrogen (secondary N) is 1. The molecule has 2 aromatic carbocycles. The molecule has 2 aromatic rings. The minimum absolute atomic E-state index is 0.0337. The third-order valence-electron chi connectivity index (χ3n) is 4.34. The summed E-state index contributed by atoms with van der Waals surface area (Å²) in [5.74, 6) is -3.20. The van der Waals surface area contributed by atoms with Crippen molar-refractivity contribution in [2.24, 2.45) is 0 Å². The van der Waals surface area contributed by atoms with E-state index in [1.54, 1.807) is 6.92 Å². The first-order valence-corrected chi connectivity index (χ1v) is 13.5. The molecule has 0 bridgehead atoms. The van der Waals surface area contributed by atoms with Gasteiger partial charge in [0.05, 0.1) is 35.9 Å². The van der Waals surface area contributed by atoms with Crippen LogP contribution in [0.25, 0.3) is 6.08 Å². The van der Waals surface area contributed by atoms with Crippen molar-refractivity contribution in [2.75, 3.05) is 37.6 Å². The van der Waals surface area contributed by atoms with Crippen molar-refractivity contribution in [3.8, 4) is 11.5 Å². The molecule has 0 unspecified atom stereocenters. The number of sulfonamides is 1. The molecule has 0 atom stereocenters. The molecule has 8 nitrogen and oxygen atoms in total. The third kappa shape index (κ3) is 9.44. The zero-order valence-electron chi connectivity index (χ0n) is 19.2. The lowest BCUT2D eigenvalue weighted by Gasteiger charge is -2.11. The quantitative estimate of drug-likeness (QED) is 0.109. The number of alkyl halides is 1. The highest BCUT2D eigenvalue weighted by Crippen LogP contribution is 2.30. The Kier molecular flexibility index (Phi) is 12.0. The fourth-order valence-electron chi connectivity index (χ4n) is 2.72. The first kappa shape index (κ1) is 29.1. The van der Waals surface area contributed by atoms with Gasteiger partial charge in [0.2, 0.25) is 10.0 Å². The third-order valence-corrected chi connectivity index (χ3v) is 6.26. The summed E-state index contributed by atoms with van der Waals surface area (Å²) < 4.78 is 77.2. The number of carbonyl (C=O) groups excluding carboxylic acids is 1. The number of halogens is 3. The molecule has 0 fully saturated rings. The Balaban J connectivity index is 2.02. The topological polar surface area (TPSA) is 100 Å². The molecule has 12 heteroatoms. The maximum atomic E-state index is 14.5. The predicted octanol–water partition coefficient (Wildman–Crippen LogP) is 4.43. The van der Waals surface area contributed by atoms with Crippen LogP contribution in [-0.4, -0.2) is 52.0 Å². The molecule has 0 aromatic heterocycles. The SMILES string of the molecule is CCOC(=O)/C(C)=C/c1cc(F)c(Oc2ccc(S(=O)(=O)NCCOCCOCI)cc2)c(F)c1. The highest BCUT2D eigenvalue weighted by Gasteiger charge is 2.16. The second-order valence-electron chi connectivity index (χ2n) is 6.96. The number of esters is 1.